The molecule has 0 saturated heterocycles. The minimum absolute atomic E-state index is 0.109. The largest absolute Gasteiger partial charge is 0.416 e. The molecule has 0 bridgehead atoms. The zero-order valence-electron chi connectivity index (χ0n) is 11.1. The van der Waals surface area contributed by atoms with Gasteiger partial charge in [-0.2, -0.15) is 26.3 Å². The van der Waals surface area contributed by atoms with Gasteiger partial charge in [-0.3, -0.25) is 0 Å². The zero-order valence-corrected chi connectivity index (χ0v) is 11.1. The van der Waals surface area contributed by atoms with Gasteiger partial charge in [0.2, 0.25) is 0 Å². The highest BCUT2D eigenvalue weighted by atomic mass is 19.4. The highest BCUT2D eigenvalue weighted by molar-refractivity contribution is 5.66. The molecule has 0 unspecified atom stereocenters. The van der Waals surface area contributed by atoms with Crippen molar-refractivity contribution in [1.82, 2.24) is 0 Å². The van der Waals surface area contributed by atoms with Crippen LogP contribution in [0.1, 0.15) is 16.7 Å². The molecule has 7 heteroatoms. The second-order valence-electron chi connectivity index (χ2n) is 4.70. The maximum absolute atomic E-state index is 12.8. The number of rotatable bonds is 2. The molecule has 0 saturated carbocycles. The third-order valence-electron chi connectivity index (χ3n) is 3.11. The van der Waals surface area contributed by atoms with Gasteiger partial charge in [0.05, 0.1) is 11.1 Å². The molecule has 2 rings (SSSR count). The van der Waals surface area contributed by atoms with Crippen molar-refractivity contribution in [3.8, 4) is 11.1 Å². The van der Waals surface area contributed by atoms with Crippen LogP contribution in [0.2, 0.25) is 0 Å². The van der Waals surface area contributed by atoms with Crippen LogP contribution in [-0.4, -0.2) is 0 Å². The Bertz CT molecular complexity index is 623. The molecule has 0 amide bonds. The quantitative estimate of drug-likeness (QED) is 0.787. The van der Waals surface area contributed by atoms with Gasteiger partial charge < -0.3 is 5.73 Å². The topological polar surface area (TPSA) is 26.0 Å². The standard InChI is InChI=1S/C15H11F6N/c16-14(17,18)12-5-11(6-13(7-12)15(19,20)21)10-3-1-9(8-22)2-4-10/h1-7H,8,22H2. The Balaban J connectivity index is 2.59. The van der Waals surface area contributed by atoms with Crippen molar-refractivity contribution < 1.29 is 26.3 Å². The van der Waals surface area contributed by atoms with Crippen LogP contribution < -0.4 is 5.73 Å². The van der Waals surface area contributed by atoms with Crippen LogP contribution in [0.5, 0.6) is 0 Å². The molecule has 0 aliphatic rings. The summed E-state index contributed by atoms with van der Waals surface area (Å²) >= 11 is 0. The van der Waals surface area contributed by atoms with Crippen molar-refractivity contribution in [2.75, 3.05) is 0 Å². The molecule has 2 aromatic carbocycles. The maximum Gasteiger partial charge on any atom is 0.416 e. The van der Waals surface area contributed by atoms with Crippen molar-refractivity contribution in [3.63, 3.8) is 0 Å². The molecule has 0 fully saturated rings. The molecule has 0 aromatic heterocycles. The summed E-state index contributed by atoms with van der Waals surface area (Å²) in [6, 6.07) is 7.51. The van der Waals surface area contributed by atoms with E-state index in [1.54, 1.807) is 12.1 Å². The summed E-state index contributed by atoms with van der Waals surface area (Å²) in [7, 11) is 0. The number of hydrogen-bond donors (Lipinski definition) is 1. The lowest BCUT2D eigenvalue weighted by Crippen LogP contribution is -2.11. The first-order valence-electron chi connectivity index (χ1n) is 6.20. The minimum Gasteiger partial charge on any atom is -0.326 e. The van der Waals surface area contributed by atoms with Crippen molar-refractivity contribution in [1.29, 1.82) is 0 Å². The van der Waals surface area contributed by atoms with Crippen LogP contribution >= 0.6 is 0 Å². The van der Waals surface area contributed by atoms with Gasteiger partial charge in [-0.25, -0.2) is 0 Å². The molecule has 0 heterocycles. The molecule has 2 N–H and O–H groups in total. The summed E-state index contributed by atoms with van der Waals surface area (Å²) in [5.41, 5.74) is 3.58. The fourth-order valence-corrected chi connectivity index (χ4v) is 1.95. The van der Waals surface area contributed by atoms with E-state index in [0.29, 0.717) is 12.1 Å². The Kier molecular flexibility index (Phi) is 4.19. The third kappa shape index (κ3) is 3.59. The van der Waals surface area contributed by atoms with E-state index in [4.69, 9.17) is 5.73 Å². The number of halogens is 6. The van der Waals surface area contributed by atoms with Crippen LogP contribution in [0.25, 0.3) is 11.1 Å². The third-order valence-corrected chi connectivity index (χ3v) is 3.11. The molecule has 0 radical (unpaired) electrons. The Hall–Kier alpha value is -2.02. The zero-order chi connectivity index (χ0) is 16.5. The normalized spacial score (nSPS) is 12.5. The summed E-state index contributed by atoms with van der Waals surface area (Å²) in [6.45, 7) is 0.233. The molecule has 0 aliphatic carbocycles. The molecule has 0 spiro atoms. The van der Waals surface area contributed by atoms with Crippen molar-refractivity contribution in [2.24, 2.45) is 5.73 Å². The second kappa shape index (κ2) is 5.64. The summed E-state index contributed by atoms with van der Waals surface area (Å²) in [5, 5.41) is 0. The van der Waals surface area contributed by atoms with Gasteiger partial charge >= 0.3 is 12.4 Å². The monoisotopic (exact) mass is 319 g/mol. The highest BCUT2D eigenvalue weighted by Gasteiger charge is 2.36. The number of alkyl halides is 6. The fourth-order valence-electron chi connectivity index (χ4n) is 1.95. The smallest absolute Gasteiger partial charge is 0.326 e. The molecule has 0 atom stereocenters. The molecular formula is C15H11F6N. The lowest BCUT2D eigenvalue weighted by atomic mass is 9.98. The van der Waals surface area contributed by atoms with E-state index in [1.807, 2.05) is 0 Å². The van der Waals surface area contributed by atoms with Gasteiger partial charge in [0.15, 0.2) is 0 Å². The fraction of sp³-hybridized carbons (Fsp3) is 0.200. The van der Waals surface area contributed by atoms with Gasteiger partial charge in [0.1, 0.15) is 0 Å². The predicted octanol–water partition coefficient (Wildman–Crippen LogP) is 4.85. The van der Waals surface area contributed by atoms with Gasteiger partial charge in [0.25, 0.3) is 0 Å². The van der Waals surface area contributed by atoms with Crippen LogP contribution in [0, 0.1) is 0 Å². The second-order valence-corrected chi connectivity index (χ2v) is 4.70. The average molecular weight is 319 g/mol. The predicted molar refractivity (Wildman–Crippen MR) is 69.8 cm³/mol. The van der Waals surface area contributed by atoms with Crippen LogP contribution in [0.4, 0.5) is 26.3 Å². The first-order valence-corrected chi connectivity index (χ1v) is 6.20. The lowest BCUT2D eigenvalue weighted by molar-refractivity contribution is -0.143. The Morgan fingerprint density at radius 1 is 0.682 bits per heavy atom. The molecule has 1 nitrogen and oxygen atoms in total. The molecule has 0 aliphatic heterocycles. The minimum atomic E-state index is -4.85. The highest BCUT2D eigenvalue weighted by Crippen LogP contribution is 2.38. The summed E-state index contributed by atoms with van der Waals surface area (Å²) < 4.78 is 76.7. The summed E-state index contributed by atoms with van der Waals surface area (Å²) in [5.74, 6) is 0. The molecular weight excluding hydrogens is 308 g/mol. The molecule has 22 heavy (non-hydrogen) atoms. The average Bonchev–Trinajstić information content (AvgIpc) is 2.45. The summed E-state index contributed by atoms with van der Waals surface area (Å²) in [4.78, 5) is 0. The van der Waals surface area contributed by atoms with E-state index in [1.165, 1.54) is 12.1 Å². The van der Waals surface area contributed by atoms with Gasteiger partial charge in [-0.15, -0.1) is 0 Å². The Morgan fingerprint density at radius 3 is 1.50 bits per heavy atom. The summed E-state index contributed by atoms with van der Waals surface area (Å²) in [6.07, 6.45) is -9.71. The van der Waals surface area contributed by atoms with Gasteiger partial charge in [-0.1, -0.05) is 24.3 Å². The Morgan fingerprint density at radius 2 is 1.14 bits per heavy atom. The van der Waals surface area contributed by atoms with E-state index in [9.17, 15) is 26.3 Å². The molecule has 2 aromatic rings. The SMILES string of the molecule is NCc1ccc(-c2cc(C(F)(F)F)cc(C(F)(F)F)c2)cc1. The first kappa shape index (κ1) is 16.4. The number of hydrogen-bond acceptors (Lipinski definition) is 1. The molecule has 118 valence electrons. The van der Waals surface area contributed by atoms with Crippen LogP contribution in [0.3, 0.4) is 0 Å². The number of benzene rings is 2. The van der Waals surface area contributed by atoms with Crippen molar-refractivity contribution in [2.45, 2.75) is 18.9 Å². The first-order chi connectivity index (χ1) is 10.1. The van der Waals surface area contributed by atoms with Crippen molar-refractivity contribution in [3.05, 3.63) is 59.2 Å². The van der Waals surface area contributed by atoms with E-state index >= 15 is 0 Å². The lowest BCUT2D eigenvalue weighted by Gasteiger charge is -2.14. The maximum atomic E-state index is 12.8. The van der Waals surface area contributed by atoms with Crippen LogP contribution in [0.15, 0.2) is 42.5 Å². The van der Waals surface area contributed by atoms with Gasteiger partial charge in [-0.05, 0) is 34.9 Å². The van der Waals surface area contributed by atoms with E-state index in [2.05, 4.69) is 0 Å². The number of nitrogens with two attached hydrogens (primary N) is 1. The Labute approximate surface area is 122 Å². The van der Waals surface area contributed by atoms with E-state index in [0.717, 1.165) is 5.56 Å². The van der Waals surface area contributed by atoms with Crippen molar-refractivity contribution >= 4 is 0 Å². The van der Waals surface area contributed by atoms with Crippen LogP contribution in [-0.2, 0) is 18.9 Å². The van der Waals surface area contributed by atoms with E-state index < -0.39 is 23.5 Å². The van der Waals surface area contributed by atoms with Gasteiger partial charge in [0, 0.05) is 6.54 Å². The van der Waals surface area contributed by atoms with E-state index in [-0.39, 0.29) is 23.7 Å².